The van der Waals surface area contributed by atoms with E-state index in [-0.39, 0.29) is 5.54 Å². The highest BCUT2D eigenvalue weighted by atomic mass is 16.5. The topological polar surface area (TPSA) is 35.2 Å². The van der Waals surface area contributed by atoms with E-state index in [4.69, 9.17) is 10.5 Å². The van der Waals surface area contributed by atoms with Crippen molar-refractivity contribution in [1.29, 1.82) is 0 Å². The van der Waals surface area contributed by atoms with Crippen LogP contribution in [0.15, 0.2) is 24.3 Å². The first kappa shape index (κ1) is 12.0. The Morgan fingerprint density at radius 3 is 2.44 bits per heavy atom. The van der Waals surface area contributed by atoms with Gasteiger partial charge in [0.2, 0.25) is 0 Å². The summed E-state index contributed by atoms with van der Waals surface area (Å²) in [5, 5.41) is 0. The summed E-state index contributed by atoms with van der Waals surface area (Å²) in [4.78, 5) is 0. The number of ether oxygens (including phenoxy) is 1. The molecule has 0 bridgehead atoms. The van der Waals surface area contributed by atoms with Crippen molar-refractivity contribution in [2.75, 3.05) is 7.11 Å². The maximum absolute atomic E-state index is 6.69. The van der Waals surface area contributed by atoms with Gasteiger partial charge in [-0.1, -0.05) is 25.0 Å². The van der Waals surface area contributed by atoms with Crippen molar-refractivity contribution >= 4 is 0 Å². The number of benzene rings is 1. The fourth-order valence-corrected chi connectivity index (χ4v) is 3.51. The van der Waals surface area contributed by atoms with Crippen molar-refractivity contribution in [3.63, 3.8) is 0 Å². The van der Waals surface area contributed by atoms with E-state index in [9.17, 15) is 0 Å². The minimum absolute atomic E-state index is 0.0994. The molecule has 0 saturated heterocycles. The third-order valence-corrected chi connectivity index (χ3v) is 4.78. The standard InChI is InChI=1S/C16H23NO/c1-18-15-8-6-14(7-9-15)16(17)10-2-3-13(11-16)12-4-5-12/h6-9,12-13H,2-5,10-11,17H2,1H3. The molecule has 2 N–H and O–H groups in total. The Bertz CT molecular complexity index is 410. The predicted octanol–water partition coefficient (Wildman–Crippen LogP) is 3.45. The van der Waals surface area contributed by atoms with Crippen LogP contribution in [-0.4, -0.2) is 7.11 Å². The first-order valence-corrected chi connectivity index (χ1v) is 7.15. The zero-order chi connectivity index (χ0) is 12.6. The zero-order valence-corrected chi connectivity index (χ0v) is 11.2. The minimum Gasteiger partial charge on any atom is -0.497 e. The molecule has 2 fully saturated rings. The Morgan fingerprint density at radius 1 is 1.11 bits per heavy atom. The molecule has 0 heterocycles. The molecule has 2 aliphatic rings. The summed E-state index contributed by atoms with van der Waals surface area (Å²) >= 11 is 0. The van der Waals surface area contributed by atoms with Crippen molar-refractivity contribution in [3.8, 4) is 5.75 Å². The Morgan fingerprint density at radius 2 is 1.83 bits per heavy atom. The van der Waals surface area contributed by atoms with E-state index in [1.807, 2.05) is 12.1 Å². The van der Waals surface area contributed by atoms with Crippen LogP contribution in [-0.2, 0) is 5.54 Å². The highest BCUT2D eigenvalue weighted by Crippen LogP contribution is 2.48. The number of nitrogens with two attached hydrogens (primary N) is 1. The summed E-state index contributed by atoms with van der Waals surface area (Å²) in [6.45, 7) is 0. The van der Waals surface area contributed by atoms with Gasteiger partial charge in [-0.05, 0) is 55.2 Å². The van der Waals surface area contributed by atoms with Gasteiger partial charge in [-0.15, -0.1) is 0 Å². The Kier molecular flexibility index (Phi) is 3.06. The van der Waals surface area contributed by atoms with E-state index in [2.05, 4.69) is 12.1 Å². The number of rotatable bonds is 3. The first-order chi connectivity index (χ1) is 8.71. The van der Waals surface area contributed by atoms with Crippen molar-refractivity contribution in [2.45, 2.75) is 44.1 Å². The molecule has 1 aromatic carbocycles. The lowest BCUT2D eigenvalue weighted by molar-refractivity contribution is 0.206. The first-order valence-electron chi connectivity index (χ1n) is 7.15. The molecular weight excluding hydrogens is 222 g/mol. The maximum Gasteiger partial charge on any atom is 0.118 e. The highest BCUT2D eigenvalue weighted by Gasteiger charge is 2.40. The molecule has 2 heteroatoms. The smallest absolute Gasteiger partial charge is 0.118 e. The fourth-order valence-electron chi connectivity index (χ4n) is 3.51. The van der Waals surface area contributed by atoms with Crippen LogP contribution < -0.4 is 10.5 Å². The van der Waals surface area contributed by atoms with Crippen molar-refractivity contribution in [3.05, 3.63) is 29.8 Å². The van der Waals surface area contributed by atoms with Crippen molar-refractivity contribution in [2.24, 2.45) is 17.6 Å². The van der Waals surface area contributed by atoms with Gasteiger partial charge < -0.3 is 10.5 Å². The van der Waals surface area contributed by atoms with Gasteiger partial charge in [-0.3, -0.25) is 0 Å². The van der Waals surface area contributed by atoms with Crippen LogP contribution in [0.25, 0.3) is 0 Å². The molecule has 98 valence electrons. The van der Waals surface area contributed by atoms with Gasteiger partial charge >= 0.3 is 0 Å². The van der Waals surface area contributed by atoms with Gasteiger partial charge in [0.15, 0.2) is 0 Å². The molecular formula is C16H23NO. The fraction of sp³-hybridized carbons (Fsp3) is 0.625. The third kappa shape index (κ3) is 2.26. The van der Waals surface area contributed by atoms with E-state index in [0.29, 0.717) is 0 Å². The van der Waals surface area contributed by atoms with Crippen LogP contribution in [0.4, 0.5) is 0 Å². The van der Waals surface area contributed by atoms with Gasteiger partial charge in [-0.25, -0.2) is 0 Å². The lowest BCUT2D eigenvalue weighted by Crippen LogP contribution is -2.41. The zero-order valence-electron chi connectivity index (χ0n) is 11.2. The monoisotopic (exact) mass is 245 g/mol. The van der Waals surface area contributed by atoms with E-state index in [1.54, 1.807) is 7.11 Å². The third-order valence-electron chi connectivity index (χ3n) is 4.78. The van der Waals surface area contributed by atoms with Crippen molar-refractivity contribution < 1.29 is 4.74 Å². The largest absolute Gasteiger partial charge is 0.497 e. The highest BCUT2D eigenvalue weighted by molar-refractivity contribution is 5.32. The van der Waals surface area contributed by atoms with Crippen LogP contribution in [0.2, 0.25) is 0 Å². The summed E-state index contributed by atoms with van der Waals surface area (Å²) in [7, 11) is 1.71. The van der Waals surface area contributed by atoms with Crippen LogP contribution in [0.3, 0.4) is 0 Å². The van der Waals surface area contributed by atoms with Gasteiger partial charge in [-0.2, -0.15) is 0 Å². The quantitative estimate of drug-likeness (QED) is 0.885. The maximum atomic E-state index is 6.69. The molecule has 2 atom stereocenters. The number of hydrogen-bond acceptors (Lipinski definition) is 2. The Balaban J connectivity index is 1.78. The molecule has 0 aliphatic heterocycles. The second-order valence-corrected chi connectivity index (χ2v) is 6.08. The predicted molar refractivity (Wildman–Crippen MR) is 73.5 cm³/mol. The van der Waals surface area contributed by atoms with E-state index in [0.717, 1.165) is 24.0 Å². The minimum atomic E-state index is -0.0994. The van der Waals surface area contributed by atoms with Crippen LogP contribution in [0, 0.1) is 11.8 Å². The number of methoxy groups -OCH3 is 1. The van der Waals surface area contributed by atoms with Gasteiger partial charge in [0, 0.05) is 5.54 Å². The molecule has 0 spiro atoms. The molecule has 3 rings (SSSR count). The van der Waals surface area contributed by atoms with E-state index < -0.39 is 0 Å². The molecule has 1 aromatic rings. The Labute approximate surface area is 110 Å². The molecule has 0 amide bonds. The second-order valence-electron chi connectivity index (χ2n) is 6.08. The molecule has 2 saturated carbocycles. The molecule has 2 unspecified atom stereocenters. The second kappa shape index (κ2) is 4.58. The van der Waals surface area contributed by atoms with E-state index in [1.165, 1.54) is 37.7 Å². The molecule has 18 heavy (non-hydrogen) atoms. The average Bonchev–Trinajstić information content (AvgIpc) is 3.23. The summed E-state index contributed by atoms with van der Waals surface area (Å²) in [6, 6.07) is 8.36. The Hall–Kier alpha value is -1.02. The van der Waals surface area contributed by atoms with Crippen molar-refractivity contribution in [1.82, 2.24) is 0 Å². The molecule has 0 aromatic heterocycles. The normalized spacial score (nSPS) is 32.2. The summed E-state index contributed by atoms with van der Waals surface area (Å²) in [5.41, 5.74) is 7.87. The lowest BCUT2D eigenvalue weighted by atomic mass is 9.71. The summed E-state index contributed by atoms with van der Waals surface area (Å²) in [5.74, 6) is 2.76. The molecule has 0 radical (unpaired) electrons. The van der Waals surface area contributed by atoms with Crippen LogP contribution in [0.5, 0.6) is 5.75 Å². The average molecular weight is 245 g/mol. The van der Waals surface area contributed by atoms with Gasteiger partial charge in [0.25, 0.3) is 0 Å². The van der Waals surface area contributed by atoms with Crippen LogP contribution >= 0.6 is 0 Å². The summed E-state index contributed by atoms with van der Waals surface area (Å²) in [6.07, 6.45) is 7.84. The van der Waals surface area contributed by atoms with Crippen LogP contribution in [0.1, 0.15) is 44.1 Å². The van der Waals surface area contributed by atoms with E-state index >= 15 is 0 Å². The lowest BCUT2D eigenvalue weighted by Gasteiger charge is -2.38. The van der Waals surface area contributed by atoms with Gasteiger partial charge in [0.05, 0.1) is 7.11 Å². The SMILES string of the molecule is COc1ccc(C2(N)CCCC(C3CC3)C2)cc1. The van der Waals surface area contributed by atoms with Gasteiger partial charge in [0.1, 0.15) is 5.75 Å². The number of hydrogen-bond donors (Lipinski definition) is 1. The molecule has 2 aliphatic carbocycles. The summed E-state index contributed by atoms with van der Waals surface area (Å²) < 4.78 is 5.22. The molecule has 2 nitrogen and oxygen atoms in total.